The molecule has 2 N–H and O–H groups in total. The molecule has 0 amide bonds. The van der Waals surface area contributed by atoms with E-state index in [1.165, 1.54) is 12.8 Å². The second-order valence-corrected chi connectivity index (χ2v) is 5.81. The van der Waals surface area contributed by atoms with E-state index in [1.54, 1.807) is 0 Å². The fourth-order valence-electron chi connectivity index (χ4n) is 2.97. The summed E-state index contributed by atoms with van der Waals surface area (Å²) in [6.07, 6.45) is 6.17. The smallest absolute Gasteiger partial charge is 0.0545 e. The van der Waals surface area contributed by atoms with Gasteiger partial charge in [0.2, 0.25) is 0 Å². The molecular weight excluding hydrogens is 202 g/mol. The summed E-state index contributed by atoms with van der Waals surface area (Å²) >= 11 is 0. The molecule has 3 nitrogen and oxygen atoms in total. The van der Waals surface area contributed by atoms with Crippen LogP contribution in [0.4, 0.5) is 0 Å². The first-order chi connectivity index (χ1) is 7.70. The van der Waals surface area contributed by atoms with Gasteiger partial charge in [-0.05, 0) is 38.0 Å². The van der Waals surface area contributed by atoms with Gasteiger partial charge in [0.25, 0.3) is 0 Å². The molecule has 0 aromatic rings. The predicted molar refractivity (Wildman–Crippen MR) is 64.3 cm³/mol. The molecule has 94 valence electrons. The SMILES string of the molecule is CC1CC2(COC2)C1.NC1CCCOCC1. The zero-order chi connectivity index (χ0) is 11.4. The van der Waals surface area contributed by atoms with Crippen LogP contribution in [-0.2, 0) is 9.47 Å². The number of nitrogens with two attached hydrogens (primary N) is 1. The first-order valence-electron chi connectivity index (χ1n) is 6.61. The third-order valence-electron chi connectivity index (χ3n) is 3.88. The van der Waals surface area contributed by atoms with Crippen LogP contribution in [-0.4, -0.2) is 32.5 Å². The Hall–Kier alpha value is -0.120. The molecular formula is C13H25NO2. The van der Waals surface area contributed by atoms with Gasteiger partial charge in [-0.2, -0.15) is 0 Å². The Kier molecular flexibility index (Phi) is 4.22. The van der Waals surface area contributed by atoms with E-state index in [2.05, 4.69) is 6.92 Å². The topological polar surface area (TPSA) is 44.5 Å². The average molecular weight is 227 g/mol. The Bertz CT molecular complexity index is 200. The van der Waals surface area contributed by atoms with Crippen molar-refractivity contribution in [3.05, 3.63) is 0 Å². The lowest BCUT2D eigenvalue weighted by molar-refractivity contribution is -0.175. The summed E-state index contributed by atoms with van der Waals surface area (Å²) in [7, 11) is 0. The van der Waals surface area contributed by atoms with Crippen molar-refractivity contribution < 1.29 is 9.47 Å². The van der Waals surface area contributed by atoms with E-state index < -0.39 is 0 Å². The van der Waals surface area contributed by atoms with Crippen LogP contribution < -0.4 is 5.73 Å². The molecule has 0 aromatic carbocycles. The fourth-order valence-corrected chi connectivity index (χ4v) is 2.97. The van der Waals surface area contributed by atoms with Crippen LogP contribution in [0.5, 0.6) is 0 Å². The van der Waals surface area contributed by atoms with E-state index in [9.17, 15) is 0 Å². The molecule has 0 aromatic heterocycles. The van der Waals surface area contributed by atoms with E-state index in [-0.39, 0.29) is 0 Å². The van der Waals surface area contributed by atoms with Crippen LogP contribution in [0.25, 0.3) is 0 Å². The summed E-state index contributed by atoms with van der Waals surface area (Å²) in [6, 6.07) is 0.400. The zero-order valence-electron chi connectivity index (χ0n) is 10.4. The Morgan fingerprint density at radius 3 is 2.31 bits per heavy atom. The molecule has 0 radical (unpaired) electrons. The van der Waals surface area contributed by atoms with Crippen molar-refractivity contribution in [2.75, 3.05) is 26.4 Å². The minimum absolute atomic E-state index is 0.400. The lowest BCUT2D eigenvalue weighted by Gasteiger charge is -2.52. The average Bonchev–Trinajstić information content (AvgIpc) is 2.39. The van der Waals surface area contributed by atoms with E-state index in [0.29, 0.717) is 11.5 Å². The van der Waals surface area contributed by atoms with E-state index in [4.69, 9.17) is 15.2 Å². The van der Waals surface area contributed by atoms with Gasteiger partial charge in [-0.3, -0.25) is 0 Å². The fraction of sp³-hybridized carbons (Fsp3) is 1.00. The standard InChI is InChI=1S/C7H12O.C6H13NO/c1-6-2-7(3-6)4-8-5-7;7-6-2-1-4-8-5-3-6/h6H,2-5H2,1H3;6H,1-5,7H2. The summed E-state index contributed by atoms with van der Waals surface area (Å²) in [5.41, 5.74) is 6.35. The van der Waals surface area contributed by atoms with Gasteiger partial charge in [-0.15, -0.1) is 0 Å². The highest BCUT2D eigenvalue weighted by atomic mass is 16.5. The van der Waals surface area contributed by atoms with Crippen LogP contribution in [0, 0.1) is 11.3 Å². The van der Waals surface area contributed by atoms with Crippen LogP contribution in [0.1, 0.15) is 39.0 Å². The Morgan fingerprint density at radius 1 is 1.06 bits per heavy atom. The summed E-state index contributed by atoms with van der Waals surface area (Å²) in [4.78, 5) is 0. The van der Waals surface area contributed by atoms with Crippen molar-refractivity contribution in [3.63, 3.8) is 0 Å². The zero-order valence-corrected chi connectivity index (χ0v) is 10.4. The molecule has 3 fully saturated rings. The highest BCUT2D eigenvalue weighted by molar-refractivity contribution is 4.96. The number of rotatable bonds is 0. The van der Waals surface area contributed by atoms with E-state index in [0.717, 1.165) is 51.6 Å². The Balaban J connectivity index is 0.000000120. The maximum absolute atomic E-state index is 5.65. The van der Waals surface area contributed by atoms with E-state index in [1.807, 2.05) is 0 Å². The van der Waals surface area contributed by atoms with Crippen molar-refractivity contribution in [1.29, 1.82) is 0 Å². The largest absolute Gasteiger partial charge is 0.381 e. The lowest BCUT2D eigenvalue weighted by Crippen LogP contribution is -2.51. The Labute approximate surface area is 98.7 Å². The minimum atomic E-state index is 0.400. The molecule has 1 spiro atoms. The normalized spacial score (nSPS) is 33.0. The van der Waals surface area contributed by atoms with Gasteiger partial charge in [0.1, 0.15) is 0 Å². The molecule has 2 saturated heterocycles. The quantitative estimate of drug-likeness (QED) is 0.688. The van der Waals surface area contributed by atoms with Gasteiger partial charge in [0.05, 0.1) is 13.2 Å². The maximum Gasteiger partial charge on any atom is 0.0545 e. The summed E-state index contributed by atoms with van der Waals surface area (Å²) < 4.78 is 10.3. The summed E-state index contributed by atoms with van der Waals surface area (Å²) in [5, 5.41) is 0. The molecule has 2 aliphatic heterocycles. The van der Waals surface area contributed by atoms with Crippen molar-refractivity contribution in [3.8, 4) is 0 Å². The van der Waals surface area contributed by atoms with E-state index >= 15 is 0 Å². The third-order valence-corrected chi connectivity index (χ3v) is 3.88. The highest BCUT2D eigenvalue weighted by Crippen LogP contribution is 2.50. The molecule has 1 unspecified atom stereocenters. The van der Waals surface area contributed by atoms with Gasteiger partial charge >= 0.3 is 0 Å². The number of hydrogen-bond donors (Lipinski definition) is 1. The molecule has 1 atom stereocenters. The first-order valence-corrected chi connectivity index (χ1v) is 6.61. The van der Waals surface area contributed by atoms with Gasteiger partial charge in [0, 0.05) is 24.7 Å². The van der Waals surface area contributed by atoms with Gasteiger partial charge in [0.15, 0.2) is 0 Å². The highest BCUT2D eigenvalue weighted by Gasteiger charge is 2.47. The van der Waals surface area contributed by atoms with Crippen LogP contribution in [0.3, 0.4) is 0 Å². The Morgan fingerprint density at radius 2 is 1.81 bits per heavy atom. The molecule has 1 saturated carbocycles. The molecule has 3 aliphatic rings. The summed E-state index contributed by atoms with van der Waals surface area (Å²) in [5.74, 6) is 0.985. The van der Waals surface area contributed by atoms with Gasteiger partial charge in [-0.25, -0.2) is 0 Å². The minimum Gasteiger partial charge on any atom is -0.381 e. The molecule has 0 bridgehead atoms. The molecule has 3 rings (SSSR count). The molecule has 1 aliphatic carbocycles. The summed E-state index contributed by atoms with van der Waals surface area (Å²) in [6.45, 7) is 6.20. The second-order valence-electron chi connectivity index (χ2n) is 5.81. The monoisotopic (exact) mass is 227 g/mol. The van der Waals surface area contributed by atoms with Crippen molar-refractivity contribution in [2.24, 2.45) is 17.1 Å². The predicted octanol–water partition coefficient (Wildman–Crippen LogP) is 1.95. The number of hydrogen-bond acceptors (Lipinski definition) is 3. The maximum atomic E-state index is 5.65. The molecule has 16 heavy (non-hydrogen) atoms. The lowest BCUT2D eigenvalue weighted by atomic mass is 9.61. The second kappa shape index (κ2) is 5.48. The molecule has 3 heteroatoms. The van der Waals surface area contributed by atoms with Crippen LogP contribution in [0.15, 0.2) is 0 Å². The van der Waals surface area contributed by atoms with Gasteiger partial charge in [-0.1, -0.05) is 6.92 Å². The van der Waals surface area contributed by atoms with Crippen molar-refractivity contribution >= 4 is 0 Å². The third kappa shape index (κ3) is 3.19. The van der Waals surface area contributed by atoms with Gasteiger partial charge < -0.3 is 15.2 Å². The first kappa shape index (κ1) is 12.3. The molecule has 2 heterocycles. The van der Waals surface area contributed by atoms with Crippen molar-refractivity contribution in [1.82, 2.24) is 0 Å². The van der Waals surface area contributed by atoms with Crippen molar-refractivity contribution in [2.45, 2.75) is 45.1 Å². The van der Waals surface area contributed by atoms with Crippen LogP contribution >= 0.6 is 0 Å². The van der Waals surface area contributed by atoms with Crippen LogP contribution in [0.2, 0.25) is 0 Å². The number of ether oxygens (including phenoxy) is 2.